The third kappa shape index (κ3) is 4.99. The van der Waals surface area contributed by atoms with E-state index in [1.54, 1.807) is 37.3 Å². The van der Waals surface area contributed by atoms with Crippen LogP contribution in [0.25, 0.3) is 0 Å². The van der Waals surface area contributed by atoms with Gasteiger partial charge >= 0.3 is 5.97 Å². The zero-order valence-corrected chi connectivity index (χ0v) is 16.1. The summed E-state index contributed by atoms with van der Waals surface area (Å²) in [6.07, 6.45) is 0. The Balaban J connectivity index is 2.03. The first-order valence-corrected chi connectivity index (χ1v) is 8.66. The van der Waals surface area contributed by atoms with E-state index >= 15 is 0 Å². The monoisotopic (exact) mass is 375 g/mol. The molecule has 6 heteroatoms. The Morgan fingerprint density at radius 3 is 2.31 bits per heavy atom. The molecule has 2 aromatic rings. The smallest absolute Gasteiger partial charge is 0.338 e. The van der Waals surface area contributed by atoms with Gasteiger partial charge in [0.25, 0.3) is 5.91 Å². The molecule has 1 amide bonds. The van der Waals surface area contributed by atoms with E-state index < -0.39 is 5.97 Å². The summed E-state index contributed by atoms with van der Waals surface area (Å²) >= 11 is 6.13. The second kappa shape index (κ2) is 8.72. The number of rotatable bonds is 6. The summed E-state index contributed by atoms with van der Waals surface area (Å²) in [5.41, 5.74) is 3.55. The molecule has 2 aromatic carbocycles. The summed E-state index contributed by atoms with van der Waals surface area (Å²) in [6, 6.07) is 8.60. The summed E-state index contributed by atoms with van der Waals surface area (Å²) in [5, 5.41) is 3.45. The van der Waals surface area contributed by atoms with E-state index in [-0.39, 0.29) is 12.5 Å². The lowest BCUT2D eigenvalue weighted by molar-refractivity contribution is -0.118. The summed E-state index contributed by atoms with van der Waals surface area (Å²) < 4.78 is 10.5. The molecule has 0 bridgehead atoms. The number of ether oxygens (including phenoxy) is 2. The van der Waals surface area contributed by atoms with Crippen LogP contribution in [-0.4, -0.2) is 25.1 Å². The molecule has 0 aliphatic carbocycles. The average molecular weight is 376 g/mol. The standard InChI is InChI=1S/C20H22ClNO4/c1-5-25-20(24)15-7-6-12(2)17(10-15)22-18(23)11-26-16-8-13(3)19(21)14(4)9-16/h6-10H,5,11H2,1-4H3,(H,22,23). The number of hydrogen-bond donors (Lipinski definition) is 1. The van der Waals surface area contributed by atoms with Crippen molar-refractivity contribution < 1.29 is 19.1 Å². The summed E-state index contributed by atoms with van der Waals surface area (Å²) in [6.45, 7) is 7.49. The Labute approximate surface area is 158 Å². The van der Waals surface area contributed by atoms with Crippen molar-refractivity contribution in [2.24, 2.45) is 0 Å². The first-order chi connectivity index (χ1) is 12.3. The molecule has 0 saturated heterocycles. The average Bonchev–Trinajstić information content (AvgIpc) is 2.59. The van der Waals surface area contributed by atoms with Crippen LogP contribution in [0.3, 0.4) is 0 Å². The van der Waals surface area contributed by atoms with E-state index in [0.29, 0.717) is 28.6 Å². The minimum Gasteiger partial charge on any atom is -0.484 e. The van der Waals surface area contributed by atoms with Crippen LogP contribution in [0.4, 0.5) is 5.69 Å². The maximum Gasteiger partial charge on any atom is 0.338 e. The second-order valence-electron chi connectivity index (χ2n) is 5.96. The van der Waals surface area contributed by atoms with Crippen molar-refractivity contribution in [3.05, 3.63) is 57.6 Å². The molecule has 0 atom stereocenters. The number of benzene rings is 2. The van der Waals surface area contributed by atoms with Gasteiger partial charge in [-0.25, -0.2) is 4.79 Å². The fraction of sp³-hybridized carbons (Fsp3) is 0.300. The molecule has 5 nitrogen and oxygen atoms in total. The third-order valence-corrected chi connectivity index (χ3v) is 4.40. The van der Waals surface area contributed by atoms with E-state index in [1.165, 1.54) is 0 Å². The molecule has 0 saturated carbocycles. The predicted molar refractivity (Wildman–Crippen MR) is 102 cm³/mol. The molecule has 0 radical (unpaired) electrons. The number of nitrogens with one attached hydrogen (secondary N) is 1. The highest BCUT2D eigenvalue weighted by molar-refractivity contribution is 6.32. The van der Waals surface area contributed by atoms with Crippen LogP contribution < -0.4 is 10.1 Å². The van der Waals surface area contributed by atoms with Crippen LogP contribution in [-0.2, 0) is 9.53 Å². The number of esters is 1. The minimum absolute atomic E-state index is 0.149. The van der Waals surface area contributed by atoms with E-state index in [0.717, 1.165) is 16.7 Å². The van der Waals surface area contributed by atoms with Crippen LogP contribution in [0.2, 0.25) is 5.02 Å². The second-order valence-corrected chi connectivity index (χ2v) is 6.34. The fourth-order valence-electron chi connectivity index (χ4n) is 2.42. The van der Waals surface area contributed by atoms with Gasteiger partial charge in [-0.3, -0.25) is 4.79 Å². The van der Waals surface area contributed by atoms with E-state index in [4.69, 9.17) is 21.1 Å². The van der Waals surface area contributed by atoms with Gasteiger partial charge in [-0.15, -0.1) is 0 Å². The molecule has 0 spiro atoms. The quantitative estimate of drug-likeness (QED) is 0.757. The van der Waals surface area contributed by atoms with E-state index in [1.807, 2.05) is 20.8 Å². The Morgan fingerprint density at radius 2 is 1.69 bits per heavy atom. The van der Waals surface area contributed by atoms with Gasteiger partial charge in [-0.1, -0.05) is 17.7 Å². The van der Waals surface area contributed by atoms with Gasteiger partial charge in [0.05, 0.1) is 12.2 Å². The van der Waals surface area contributed by atoms with Gasteiger partial charge < -0.3 is 14.8 Å². The molecule has 26 heavy (non-hydrogen) atoms. The molecular formula is C20H22ClNO4. The maximum atomic E-state index is 12.2. The van der Waals surface area contributed by atoms with Crippen LogP contribution in [0.15, 0.2) is 30.3 Å². The van der Waals surface area contributed by atoms with Crippen molar-refractivity contribution in [3.8, 4) is 5.75 Å². The fourth-order valence-corrected chi connectivity index (χ4v) is 2.53. The number of hydrogen-bond acceptors (Lipinski definition) is 4. The highest BCUT2D eigenvalue weighted by atomic mass is 35.5. The van der Waals surface area contributed by atoms with Crippen molar-refractivity contribution in [1.29, 1.82) is 0 Å². The van der Waals surface area contributed by atoms with Crippen molar-refractivity contribution in [2.45, 2.75) is 27.7 Å². The normalized spacial score (nSPS) is 10.3. The highest BCUT2D eigenvalue weighted by Gasteiger charge is 2.12. The topological polar surface area (TPSA) is 64.6 Å². The predicted octanol–water partition coefficient (Wildman–Crippen LogP) is 4.46. The van der Waals surface area contributed by atoms with Crippen LogP contribution >= 0.6 is 11.6 Å². The molecule has 0 unspecified atom stereocenters. The van der Waals surface area contributed by atoms with Crippen molar-refractivity contribution in [1.82, 2.24) is 0 Å². The van der Waals surface area contributed by atoms with Crippen LogP contribution in [0.5, 0.6) is 5.75 Å². The third-order valence-electron chi connectivity index (χ3n) is 3.80. The number of anilines is 1. The Bertz CT molecular complexity index is 810. The number of amides is 1. The Hall–Kier alpha value is -2.53. The van der Waals surface area contributed by atoms with E-state index in [2.05, 4.69) is 5.32 Å². The molecular weight excluding hydrogens is 354 g/mol. The molecule has 0 aromatic heterocycles. The molecule has 2 rings (SSSR count). The molecule has 0 fully saturated rings. The Morgan fingerprint density at radius 1 is 1.04 bits per heavy atom. The lowest BCUT2D eigenvalue weighted by Crippen LogP contribution is -2.21. The SMILES string of the molecule is CCOC(=O)c1ccc(C)c(NC(=O)COc2cc(C)c(Cl)c(C)c2)c1. The molecule has 0 aliphatic heterocycles. The number of carbonyl (C=O) groups excluding carboxylic acids is 2. The summed E-state index contributed by atoms with van der Waals surface area (Å²) in [5.74, 6) is -0.165. The van der Waals surface area contributed by atoms with E-state index in [9.17, 15) is 9.59 Å². The van der Waals surface area contributed by atoms with Gasteiger partial charge in [0, 0.05) is 10.7 Å². The lowest BCUT2D eigenvalue weighted by Gasteiger charge is -2.12. The van der Waals surface area contributed by atoms with Gasteiger partial charge in [-0.05, 0) is 68.7 Å². The molecule has 0 aliphatic rings. The summed E-state index contributed by atoms with van der Waals surface area (Å²) in [4.78, 5) is 24.0. The largest absolute Gasteiger partial charge is 0.484 e. The molecule has 0 heterocycles. The van der Waals surface area contributed by atoms with Crippen molar-refractivity contribution in [3.63, 3.8) is 0 Å². The summed E-state index contributed by atoms with van der Waals surface area (Å²) in [7, 11) is 0. The molecule has 1 N–H and O–H groups in total. The number of aryl methyl sites for hydroxylation is 3. The van der Waals surface area contributed by atoms with Crippen LogP contribution in [0.1, 0.15) is 34.0 Å². The van der Waals surface area contributed by atoms with Crippen LogP contribution in [0, 0.1) is 20.8 Å². The van der Waals surface area contributed by atoms with Gasteiger partial charge in [0.1, 0.15) is 5.75 Å². The Kier molecular flexibility index (Phi) is 6.64. The zero-order chi connectivity index (χ0) is 19.3. The number of halogens is 1. The minimum atomic E-state index is -0.425. The van der Waals surface area contributed by atoms with Gasteiger partial charge in [0.15, 0.2) is 6.61 Å². The zero-order valence-electron chi connectivity index (χ0n) is 15.3. The van der Waals surface area contributed by atoms with Gasteiger partial charge in [0.2, 0.25) is 0 Å². The maximum absolute atomic E-state index is 12.2. The van der Waals surface area contributed by atoms with Crippen molar-refractivity contribution >= 4 is 29.2 Å². The first-order valence-electron chi connectivity index (χ1n) is 8.29. The highest BCUT2D eigenvalue weighted by Crippen LogP contribution is 2.26. The first kappa shape index (κ1) is 19.8. The van der Waals surface area contributed by atoms with Gasteiger partial charge in [-0.2, -0.15) is 0 Å². The lowest BCUT2D eigenvalue weighted by atomic mass is 10.1. The van der Waals surface area contributed by atoms with Crippen molar-refractivity contribution in [2.75, 3.05) is 18.5 Å². The molecule has 138 valence electrons. The number of carbonyl (C=O) groups is 2.